The first-order valence-corrected chi connectivity index (χ1v) is 10.2. The zero-order chi connectivity index (χ0) is 19.9. The number of nitrogens with zero attached hydrogens (tertiary/aromatic N) is 2. The van der Waals surface area contributed by atoms with E-state index in [-0.39, 0.29) is 5.91 Å². The van der Waals surface area contributed by atoms with Gasteiger partial charge in [-0.25, -0.2) is 4.98 Å². The Morgan fingerprint density at radius 1 is 1.14 bits per heavy atom. The minimum atomic E-state index is 0.102. The maximum absolute atomic E-state index is 12.4. The highest BCUT2D eigenvalue weighted by molar-refractivity contribution is 7.99. The smallest absolute Gasteiger partial charge is 0.232 e. The second-order valence-corrected chi connectivity index (χ2v) is 7.46. The first-order valence-electron chi connectivity index (χ1n) is 9.03. The standard InChI is InChI=1S/C22H24N2O3S/c1-16-20(23-22(27-16)18-9-11-19(26-3)12-10-18)14-28-15-21(25)24(2)13-17-7-5-4-6-8-17/h4-12H,13-15H2,1-3H3. The molecule has 3 rings (SSSR count). The summed E-state index contributed by atoms with van der Waals surface area (Å²) in [6, 6.07) is 17.6. The Labute approximate surface area is 169 Å². The molecule has 0 saturated heterocycles. The average Bonchev–Trinajstić information content (AvgIpc) is 3.09. The molecule has 0 fully saturated rings. The summed E-state index contributed by atoms with van der Waals surface area (Å²) in [6.45, 7) is 2.52. The SMILES string of the molecule is COc1ccc(-c2nc(CSCC(=O)N(C)Cc3ccccc3)c(C)o2)cc1. The predicted octanol–water partition coefficient (Wildman–Crippen LogP) is 4.55. The molecule has 0 spiro atoms. The van der Waals surface area contributed by atoms with E-state index in [1.807, 2.05) is 68.6 Å². The van der Waals surface area contributed by atoms with Gasteiger partial charge in [-0.3, -0.25) is 4.79 Å². The lowest BCUT2D eigenvalue weighted by atomic mass is 10.2. The van der Waals surface area contributed by atoms with E-state index in [4.69, 9.17) is 9.15 Å². The number of aromatic nitrogens is 1. The number of amides is 1. The van der Waals surface area contributed by atoms with Gasteiger partial charge in [0.2, 0.25) is 11.8 Å². The molecular weight excluding hydrogens is 372 g/mol. The first kappa shape index (κ1) is 20.0. The molecule has 0 atom stereocenters. The Morgan fingerprint density at radius 2 is 1.86 bits per heavy atom. The number of benzene rings is 2. The van der Waals surface area contributed by atoms with Gasteiger partial charge < -0.3 is 14.1 Å². The molecular formula is C22H24N2O3S. The number of carbonyl (C=O) groups is 1. The number of oxazole rings is 1. The van der Waals surface area contributed by atoms with Crippen molar-refractivity contribution in [3.05, 3.63) is 71.6 Å². The number of rotatable bonds is 8. The second-order valence-electron chi connectivity index (χ2n) is 6.48. The van der Waals surface area contributed by atoms with Crippen LogP contribution in [0.4, 0.5) is 0 Å². The Kier molecular flexibility index (Phi) is 6.76. The Morgan fingerprint density at radius 3 is 2.54 bits per heavy atom. The van der Waals surface area contributed by atoms with Gasteiger partial charge in [-0.2, -0.15) is 0 Å². The third-order valence-corrected chi connectivity index (χ3v) is 5.31. The number of hydrogen-bond acceptors (Lipinski definition) is 5. The molecule has 1 amide bonds. The second kappa shape index (κ2) is 9.46. The van der Waals surface area contributed by atoms with Gasteiger partial charge in [-0.15, -0.1) is 11.8 Å². The van der Waals surface area contributed by atoms with Crippen molar-refractivity contribution in [2.75, 3.05) is 19.9 Å². The maximum Gasteiger partial charge on any atom is 0.232 e. The molecule has 5 nitrogen and oxygen atoms in total. The Balaban J connectivity index is 1.53. The fourth-order valence-corrected chi connectivity index (χ4v) is 3.67. The molecule has 0 aliphatic rings. The number of carbonyl (C=O) groups excluding carboxylic acids is 1. The van der Waals surface area contributed by atoms with Crippen molar-refractivity contribution in [2.24, 2.45) is 0 Å². The van der Waals surface area contributed by atoms with Gasteiger partial charge in [-0.05, 0) is 36.8 Å². The number of hydrogen-bond donors (Lipinski definition) is 0. The molecule has 0 N–H and O–H groups in total. The molecule has 0 radical (unpaired) electrons. The monoisotopic (exact) mass is 396 g/mol. The van der Waals surface area contributed by atoms with E-state index >= 15 is 0 Å². The molecule has 0 aliphatic carbocycles. The van der Waals surface area contributed by atoms with E-state index in [0.29, 0.717) is 23.9 Å². The molecule has 0 unspecified atom stereocenters. The molecule has 0 saturated carbocycles. The zero-order valence-corrected chi connectivity index (χ0v) is 17.2. The molecule has 28 heavy (non-hydrogen) atoms. The third kappa shape index (κ3) is 5.16. The highest BCUT2D eigenvalue weighted by atomic mass is 32.2. The van der Waals surface area contributed by atoms with E-state index in [0.717, 1.165) is 28.3 Å². The van der Waals surface area contributed by atoms with Crippen LogP contribution >= 0.6 is 11.8 Å². The van der Waals surface area contributed by atoms with E-state index in [1.165, 1.54) is 0 Å². The average molecular weight is 397 g/mol. The highest BCUT2D eigenvalue weighted by Crippen LogP contribution is 2.26. The minimum Gasteiger partial charge on any atom is -0.497 e. The summed E-state index contributed by atoms with van der Waals surface area (Å²) >= 11 is 1.55. The van der Waals surface area contributed by atoms with E-state index in [9.17, 15) is 4.79 Å². The summed E-state index contributed by atoms with van der Waals surface area (Å²) in [5.41, 5.74) is 2.90. The van der Waals surface area contributed by atoms with Crippen LogP contribution in [0.1, 0.15) is 17.0 Å². The van der Waals surface area contributed by atoms with Gasteiger partial charge in [0.1, 0.15) is 11.5 Å². The normalized spacial score (nSPS) is 10.7. The fourth-order valence-electron chi connectivity index (χ4n) is 2.71. The van der Waals surface area contributed by atoms with Gasteiger partial charge in [0.15, 0.2) is 0 Å². The van der Waals surface area contributed by atoms with Crippen LogP contribution in [0.15, 0.2) is 59.0 Å². The van der Waals surface area contributed by atoms with E-state index < -0.39 is 0 Å². The molecule has 1 heterocycles. The lowest BCUT2D eigenvalue weighted by Crippen LogP contribution is -2.27. The summed E-state index contributed by atoms with van der Waals surface area (Å²) in [7, 11) is 3.47. The summed E-state index contributed by atoms with van der Waals surface area (Å²) in [5, 5.41) is 0. The molecule has 146 valence electrons. The van der Waals surface area contributed by atoms with Gasteiger partial charge >= 0.3 is 0 Å². The van der Waals surface area contributed by atoms with Crippen LogP contribution in [0, 0.1) is 6.92 Å². The van der Waals surface area contributed by atoms with Crippen LogP contribution in [-0.2, 0) is 17.1 Å². The van der Waals surface area contributed by atoms with Crippen LogP contribution in [0.3, 0.4) is 0 Å². The summed E-state index contributed by atoms with van der Waals surface area (Å²) in [6.07, 6.45) is 0. The van der Waals surface area contributed by atoms with Crippen LogP contribution in [0.25, 0.3) is 11.5 Å². The lowest BCUT2D eigenvalue weighted by molar-refractivity contribution is -0.127. The number of aryl methyl sites for hydroxylation is 1. The summed E-state index contributed by atoms with van der Waals surface area (Å²) in [4.78, 5) is 18.7. The largest absolute Gasteiger partial charge is 0.497 e. The summed E-state index contributed by atoms with van der Waals surface area (Å²) in [5.74, 6) is 3.31. The number of thioether (sulfide) groups is 1. The van der Waals surface area contributed by atoms with Crippen molar-refractivity contribution in [1.29, 1.82) is 0 Å². The topological polar surface area (TPSA) is 55.6 Å². The lowest BCUT2D eigenvalue weighted by Gasteiger charge is -2.16. The molecule has 0 bridgehead atoms. The van der Waals surface area contributed by atoms with Gasteiger partial charge in [0.05, 0.1) is 18.6 Å². The Bertz CT molecular complexity index is 907. The van der Waals surface area contributed by atoms with Gasteiger partial charge in [0, 0.05) is 24.9 Å². The van der Waals surface area contributed by atoms with Crippen LogP contribution in [0.5, 0.6) is 5.75 Å². The number of methoxy groups -OCH3 is 1. The molecule has 1 aromatic heterocycles. The zero-order valence-electron chi connectivity index (χ0n) is 16.3. The maximum atomic E-state index is 12.4. The fraction of sp³-hybridized carbons (Fsp3) is 0.273. The van der Waals surface area contributed by atoms with Crippen molar-refractivity contribution >= 4 is 17.7 Å². The highest BCUT2D eigenvalue weighted by Gasteiger charge is 2.14. The Hall–Kier alpha value is -2.73. The predicted molar refractivity (Wildman–Crippen MR) is 112 cm³/mol. The van der Waals surface area contributed by atoms with Gasteiger partial charge in [-0.1, -0.05) is 30.3 Å². The van der Waals surface area contributed by atoms with Crippen molar-refractivity contribution in [1.82, 2.24) is 9.88 Å². The molecule has 2 aromatic carbocycles. The van der Waals surface area contributed by atoms with Gasteiger partial charge in [0.25, 0.3) is 0 Å². The van der Waals surface area contributed by atoms with Crippen molar-refractivity contribution < 1.29 is 13.9 Å². The van der Waals surface area contributed by atoms with E-state index in [2.05, 4.69) is 4.98 Å². The first-order chi connectivity index (χ1) is 13.6. The summed E-state index contributed by atoms with van der Waals surface area (Å²) < 4.78 is 11.0. The number of ether oxygens (including phenoxy) is 1. The van der Waals surface area contributed by atoms with Crippen molar-refractivity contribution in [3.63, 3.8) is 0 Å². The minimum absolute atomic E-state index is 0.102. The van der Waals surface area contributed by atoms with Crippen molar-refractivity contribution in [3.8, 4) is 17.2 Å². The van der Waals surface area contributed by atoms with Crippen LogP contribution in [-0.4, -0.2) is 35.7 Å². The molecule has 6 heteroatoms. The van der Waals surface area contributed by atoms with Crippen LogP contribution < -0.4 is 4.74 Å². The quantitative estimate of drug-likeness (QED) is 0.559. The van der Waals surface area contributed by atoms with Crippen LogP contribution in [0.2, 0.25) is 0 Å². The van der Waals surface area contributed by atoms with Crippen molar-refractivity contribution in [2.45, 2.75) is 19.2 Å². The molecule has 3 aromatic rings. The molecule has 0 aliphatic heterocycles. The van der Waals surface area contributed by atoms with E-state index in [1.54, 1.807) is 23.8 Å². The third-order valence-electron chi connectivity index (χ3n) is 4.38.